The van der Waals surface area contributed by atoms with Crippen molar-refractivity contribution in [1.29, 1.82) is 0 Å². The van der Waals surface area contributed by atoms with Crippen molar-refractivity contribution in [2.75, 3.05) is 6.54 Å². The zero-order valence-electron chi connectivity index (χ0n) is 12.0. The Morgan fingerprint density at radius 3 is 2.63 bits per heavy atom. The van der Waals surface area contributed by atoms with E-state index in [1.54, 1.807) is 0 Å². The SMILES string of the molecule is CC(C)C(C)(CNC1CC1)Cc1ccc(Br)cc1Cl. The minimum Gasteiger partial charge on any atom is -0.313 e. The standard InChI is InChI=1S/C16H23BrClN/c1-11(2)16(3,10-19-14-6-7-14)9-12-4-5-13(17)8-15(12)18/h4-5,8,11,14,19H,6-7,9-10H2,1-3H3. The van der Waals surface area contributed by atoms with Crippen LogP contribution >= 0.6 is 27.5 Å². The van der Waals surface area contributed by atoms with E-state index in [4.69, 9.17) is 11.6 Å². The summed E-state index contributed by atoms with van der Waals surface area (Å²) in [4.78, 5) is 0. The average molecular weight is 345 g/mol. The molecule has 106 valence electrons. The summed E-state index contributed by atoms with van der Waals surface area (Å²) in [6, 6.07) is 6.98. The molecule has 0 radical (unpaired) electrons. The molecular formula is C16H23BrClN. The van der Waals surface area contributed by atoms with Gasteiger partial charge in [-0.05, 0) is 48.3 Å². The molecule has 1 saturated carbocycles. The Labute approximate surface area is 130 Å². The summed E-state index contributed by atoms with van der Waals surface area (Å²) in [5, 5.41) is 4.55. The van der Waals surface area contributed by atoms with Crippen LogP contribution < -0.4 is 5.32 Å². The first-order valence-electron chi connectivity index (χ1n) is 7.08. The van der Waals surface area contributed by atoms with Crippen molar-refractivity contribution in [1.82, 2.24) is 5.32 Å². The molecule has 1 fully saturated rings. The van der Waals surface area contributed by atoms with Crippen molar-refractivity contribution in [3.63, 3.8) is 0 Å². The van der Waals surface area contributed by atoms with Gasteiger partial charge in [-0.3, -0.25) is 0 Å². The lowest BCUT2D eigenvalue weighted by atomic mass is 9.74. The third-order valence-corrected chi connectivity index (χ3v) is 5.22. The molecule has 1 unspecified atom stereocenters. The quantitative estimate of drug-likeness (QED) is 0.760. The number of nitrogens with one attached hydrogen (secondary N) is 1. The summed E-state index contributed by atoms with van der Waals surface area (Å²) < 4.78 is 1.05. The molecular weight excluding hydrogens is 322 g/mol. The molecule has 0 aromatic heterocycles. The first-order chi connectivity index (χ1) is 8.90. The van der Waals surface area contributed by atoms with Crippen LogP contribution in [-0.4, -0.2) is 12.6 Å². The monoisotopic (exact) mass is 343 g/mol. The molecule has 3 heteroatoms. The second kappa shape index (κ2) is 6.15. The van der Waals surface area contributed by atoms with Crippen molar-refractivity contribution < 1.29 is 0 Å². The minimum atomic E-state index is 0.250. The molecule has 0 heterocycles. The molecule has 1 aromatic carbocycles. The van der Waals surface area contributed by atoms with Crippen LogP contribution in [0.25, 0.3) is 0 Å². The summed E-state index contributed by atoms with van der Waals surface area (Å²) in [6.45, 7) is 8.05. The van der Waals surface area contributed by atoms with Crippen molar-refractivity contribution >= 4 is 27.5 Å². The van der Waals surface area contributed by atoms with Gasteiger partial charge in [0.2, 0.25) is 0 Å². The van der Waals surface area contributed by atoms with Gasteiger partial charge in [0.25, 0.3) is 0 Å². The second-order valence-electron chi connectivity index (χ2n) is 6.38. The Kier molecular flexibility index (Phi) is 4.97. The molecule has 1 atom stereocenters. The van der Waals surface area contributed by atoms with Crippen LogP contribution in [0.5, 0.6) is 0 Å². The van der Waals surface area contributed by atoms with E-state index in [2.05, 4.69) is 54.2 Å². The van der Waals surface area contributed by atoms with Gasteiger partial charge in [-0.2, -0.15) is 0 Å². The van der Waals surface area contributed by atoms with E-state index in [-0.39, 0.29) is 5.41 Å². The fraction of sp³-hybridized carbons (Fsp3) is 0.625. The maximum Gasteiger partial charge on any atom is 0.0449 e. The van der Waals surface area contributed by atoms with Gasteiger partial charge in [0.05, 0.1) is 0 Å². The average Bonchev–Trinajstić information content (AvgIpc) is 3.14. The molecule has 2 rings (SSSR count). The van der Waals surface area contributed by atoms with Gasteiger partial charge in [0, 0.05) is 22.1 Å². The van der Waals surface area contributed by atoms with Crippen molar-refractivity contribution in [3.8, 4) is 0 Å². The van der Waals surface area contributed by atoms with Gasteiger partial charge in [0.1, 0.15) is 0 Å². The number of benzene rings is 1. The molecule has 1 aliphatic rings. The smallest absolute Gasteiger partial charge is 0.0449 e. The van der Waals surface area contributed by atoms with Crippen LogP contribution in [-0.2, 0) is 6.42 Å². The lowest BCUT2D eigenvalue weighted by Gasteiger charge is -2.35. The Bertz CT molecular complexity index is 442. The number of halogens is 2. The summed E-state index contributed by atoms with van der Waals surface area (Å²) >= 11 is 9.83. The molecule has 0 bridgehead atoms. The van der Waals surface area contributed by atoms with Gasteiger partial charge in [-0.1, -0.05) is 54.4 Å². The summed E-state index contributed by atoms with van der Waals surface area (Å²) in [5.41, 5.74) is 1.50. The van der Waals surface area contributed by atoms with Crippen LogP contribution in [0.2, 0.25) is 5.02 Å². The minimum absolute atomic E-state index is 0.250. The molecule has 1 aliphatic carbocycles. The highest BCUT2D eigenvalue weighted by Crippen LogP contribution is 2.35. The highest BCUT2D eigenvalue weighted by molar-refractivity contribution is 9.10. The third-order valence-electron chi connectivity index (χ3n) is 4.38. The van der Waals surface area contributed by atoms with E-state index in [0.717, 1.165) is 28.5 Å². The van der Waals surface area contributed by atoms with Crippen LogP contribution in [0.3, 0.4) is 0 Å². The number of hydrogen-bond donors (Lipinski definition) is 1. The van der Waals surface area contributed by atoms with E-state index < -0.39 is 0 Å². The summed E-state index contributed by atoms with van der Waals surface area (Å²) in [5.74, 6) is 0.624. The lowest BCUT2D eigenvalue weighted by molar-refractivity contribution is 0.206. The number of rotatable bonds is 6. The normalized spacial score (nSPS) is 18.6. The van der Waals surface area contributed by atoms with Gasteiger partial charge in [-0.25, -0.2) is 0 Å². The first kappa shape index (κ1) is 15.3. The highest BCUT2D eigenvalue weighted by atomic mass is 79.9. The zero-order valence-corrected chi connectivity index (χ0v) is 14.3. The lowest BCUT2D eigenvalue weighted by Crippen LogP contribution is -2.38. The van der Waals surface area contributed by atoms with Gasteiger partial charge in [-0.15, -0.1) is 0 Å². The largest absolute Gasteiger partial charge is 0.313 e. The van der Waals surface area contributed by atoms with Crippen LogP contribution in [0.1, 0.15) is 39.2 Å². The van der Waals surface area contributed by atoms with Crippen molar-refractivity contribution in [3.05, 3.63) is 33.3 Å². The predicted molar refractivity (Wildman–Crippen MR) is 86.8 cm³/mol. The van der Waals surface area contributed by atoms with Crippen LogP contribution in [0.4, 0.5) is 0 Å². The van der Waals surface area contributed by atoms with Crippen molar-refractivity contribution in [2.45, 2.75) is 46.1 Å². The molecule has 0 saturated heterocycles. The van der Waals surface area contributed by atoms with Gasteiger partial charge in [0.15, 0.2) is 0 Å². The third kappa shape index (κ3) is 4.21. The molecule has 1 N–H and O–H groups in total. The second-order valence-corrected chi connectivity index (χ2v) is 7.70. The van der Waals surface area contributed by atoms with E-state index in [9.17, 15) is 0 Å². The highest BCUT2D eigenvalue weighted by Gasteiger charge is 2.32. The van der Waals surface area contributed by atoms with E-state index >= 15 is 0 Å². The van der Waals surface area contributed by atoms with E-state index in [1.807, 2.05) is 6.07 Å². The topological polar surface area (TPSA) is 12.0 Å². The molecule has 0 spiro atoms. The summed E-state index contributed by atoms with van der Waals surface area (Å²) in [7, 11) is 0. The van der Waals surface area contributed by atoms with Crippen molar-refractivity contribution in [2.24, 2.45) is 11.3 Å². The fourth-order valence-corrected chi connectivity index (χ4v) is 2.98. The Morgan fingerprint density at radius 1 is 1.42 bits per heavy atom. The van der Waals surface area contributed by atoms with Gasteiger partial charge < -0.3 is 5.32 Å². The summed E-state index contributed by atoms with van der Waals surface area (Å²) in [6.07, 6.45) is 3.71. The zero-order chi connectivity index (χ0) is 14.0. The van der Waals surface area contributed by atoms with Crippen LogP contribution in [0, 0.1) is 11.3 Å². The molecule has 19 heavy (non-hydrogen) atoms. The molecule has 1 nitrogen and oxygen atoms in total. The fourth-order valence-electron chi connectivity index (χ4n) is 2.24. The first-order valence-corrected chi connectivity index (χ1v) is 8.25. The molecule has 0 aliphatic heterocycles. The maximum absolute atomic E-state index is 6.36. The number of hydrogen-bond acceptors (Lipinski definition) is 1. The Morgan fingerprint density at radius 2 is 2.11 bits per heavy atom. The maximum atomic E-state index is 6.36. The Hall–Kier alpha value is -0.0500. The van der Waals surface area contributed by atoms with E-state index in [1.165, 1.54) is 18.4 Å². The van der Waals surface area contributed by atoms with E-state index in [0.29, 0.717) is 5.92 Å². The van der Waals surface area contributed by atoms with Gasteiger partial charge >= 0.3 is 0 Å². The molecule has 1 aromatic rings. The predicted octanol–water partition coefficient (Wildman–Crippen LogP) is 5.06. The Balaban J connectivity index is 2.09. The van der Waals surface area contributed by atoms with Crippen LogP contribution in [0.15, 0.2) is 22.7 Å². The molecule has 0 amide bonds.